The maximum absolute atomic E-state index is 6.88. The number of para-hydroxylation sites is 6. The van der Waals surface area contributed by atoms with Crippen molar-refractivity contribution < 1.29 is 9.47 Å². The summed E-state index contributed by atoms with van der Waals surface area (Å²) in [5.41, 5.74) is 12.8. The molecule has 2 aliphatic rings. The van der Waals surface area contributed by atoms with Crippen molar-refractivity contribution in [1.29, 1.82) is 0 Å². The number of ether oxygens (including phenoxy) is 2. The molecule has 3 aromatic heterocycles. The maximum atomic E-state index is 6.88. The largest absolute Gasteiger partial charge is 0.458 e. The summed E-state index contributed by atoms with van der Waals surface area (Å²) < 4.78 is 18.7. The Bertz CT molecular complexity index is 3290. The molecule has 4 nitrogen and oxygen atoms in total. The van der Waals surface area contributed by atoms with Gasteiger partial charge in [-0.1, -0.05) is 109 Å². The predicted octanol–water partition coefficient (Wildman–Crippen LogP) is 10.3. The SMILES string of the molecule is c1ccc(-n2c3ccccc3c3c(-c4cc5c6c(c4)Oc4ccccc4B6c4ccccc4O5)c4c(cc32)c2cccc3c5ccccc5n4c32)cc1. The number of nitrogens with zero attached hydrogens (tertiary/aromatic N) is 2. The van der Waals surface area contributed by atoms with Crippen molar-refractivity contribution in [2.45, 2.75) is 0 Å². The van der Waals surface area contributed by atoms with Crippen molar-refractivity contribution in [3.63, 3.8) is 0 Å². The lowest BCUT2D eigenvalue weighted by Gasteiger charge is -2.33. The zero-order valence-corrected chi connectivity index (χ0v) is 28.4. The molecule has 0 saturated carbocycles. The minimum Gasteiger partial charge on any atom is -0.458 e. The molecule has 0 amide bonds. The lowest BCUT2D eigenvalue weighted by molar-refractivity contribution is 0.465. The van der Waals surface area contributed by atoms with Gasteiger partial charge in [-0.05, 0) is 71.1 Å². The number of hydrogen-bond donors (Lipinski definition) is 0. The van der Waals surface area contributed by atoms with Crippen molar-refractivity contribution in [3.8, 4) is 39.8 Å². The van der Waals surface area contributed by atoms with Gasteiger partial charge in [0.25, 0.3) is 6.71 Å². The fraction of sp³-hybridized carbons (Fsp3) is 0. The summed E-state index contributed by atoms with van der Waals surface area (Å²) in [4.78, 5) is 0. The molecule has 0 radical (unpaired) electrons. The molecular formula is C48H27BN2O2. The van der Waals surface area contributed by atoms with E-state index in [4.69, 9.17) is 9.47 Å². The first kappa shape index (κ1) is 27.7. The number of fused-ring (bicyclic) bond motifs is 13. The number of benzene rings is 8. The smallest absolute Gasteiger partial charge is 0.260 e. The quantitative estimate of drug-likeness (QED) is 0.171. The molecule has 0 spiro atoms. The summed E-state index contributed by atoms with van der Waals surface area (Å²) in [6.45, 7) is 0.0164. The molecule has 13 rings (SSSR count). The normalized spacial score (nSPS) is 13.2. The Morgan fingerprint density at radius 3 is 1.74 bits per heavy atom. The van der Waals surface area contributed by atoms with Crippen molar-refractivity contribution in [1.82, 2.24) is 8.97 Å². The zero-order chi connectivity index (χ0) is 34.4. The fourth-order valence-corrected chi connectivity index (χ4v) is 9.70. The van der Waals surface area contributed by atoms with Crippen molar-refractivity contribution in [3.05, 3.63) is 164 Å². The van der Waals surface area contributed by atoms with Crippen LogP contribution in [0.15, 0.2) is 164 Å². The van der Waals surface area contributed by atoms with Crippen LogP contribution in [0.5, 0.6) is 23.0 Å². The van der Waals surface area contributed by atoms with Gasteiger partial charge in [0.2, 0.25) is 0 Å². The van der Waals surface area contributed by atoms with Crippen LogP contribution in [0, 0.1) is 0 Å². The van der Waals surface area contributed by atoms with Gasteiger partial charge in [-0.25, -0.2) is 0 Å². The standard InChI is InChI=1S/C48H27BN2O2/c1-2-13-29(14-3-1)50-38-22-9-5-16-33(38)45-39(50)27-34-32-18-12-17-31-30-15-4-8-21-37(30)51(47(31)32)48(34)44(45)28-25-42-46-43(26-28)53-41-24-11-7-20-36(41)49(46)35-19-6-10-23-40(35)52-42/h1-27H. The van der Waals surface area contributed by atoms with Crippen LogP contribution in [0.25, 0.3) is 76.7 Å². The average Bonchev–Trinajstić information content (AvgIpc) is 3.85. The second kappa shape index (κ2) is 9.87. The monoisotopic (exact) mass is 674 g/mol. The molecule has 0 N–H and O–H groups in total. The third-order valence-electron chi connectivity index (χ3n) is 11.7. The van der Waals surface area contributed by atoms with E-state index < -0.39 is 0 Å². The molecule has 5 heteroatoms. The van der Waals surface area contributed by atoms with E-state index in [0.717, 1.165) is 50.6 Å². The third-order valence-corrected chi connectivity index (χ3v) is 11.7. The highest BCUT2D eigenvalue weighted by molar-refractivity contribution is 6.98. The molecule has 0 aliphatic carbocycles. The van der Waals surface area contributed by atoms with Crippen LogP contribution < -0.4 is 25.9 Å². The zero-order valence-electron chi connectivity index (χ0n) is 28.4. The third kappa shape index (κ3) is 3.47. The van der Waals surface area contributed by atoms with Crippen LogP contribution >= 0.6 is 0 Å². The Hall–Kier alpha value is -6.98. The minimum absolute atomic E-state index is 0.0164. The van der Waals surface area contributed by atoms with E-state index in [2.05, 4.69) is 173 Å². The Labute approximate surface area is 304 Å². The Balaban J connectivity index is 1.25. The first-order valence-electron chi connectivity index (χ1n) is 18.2. The highest BCUT2D eigenvalue weighted by atomic mass is 16.5. The maximum Gasteiger partial charge on any atom is 0.260 e. The van der Waals surface area contributed by atoms with Crippen LogP contribution in [-0.4, -0.2) is 15.7 Å². The summed E-state index contributed by atoms with van der Waals surface area (Å²) in [7, 11) is 0. The van der Waals surface area contributed by atoms with Crippen LogP contribution in [0.1, 0.15) is 0 Å². The van der Waals surface area contributed by atoms with Gasteiger partial charge in [0.1, 0.15) is 23.0 Å². The summed E-state index contributed by atoms with van der Waals surface area (Å²) >= 11 is 0. The Morgan fingerprint density at radius 2 is 1.00 bits per heavy atom. The molecule has 11 aromatic rings. The molecule has 0 fully saturated rings. The Morgan fingerprint density at radius 1 is 0.415 bits per heavy atom. The summed E-state index contributed by atoms with van der Waals surface area (Å²) in [5, 5.41) is 7.41. The van der Waals surface area contributed by atoms with Gasteiger partial charge < -0.3 is 18.4 Å². The lowest BCUT2D eigenvalue weighted by Crippen LogP contribution is -2.57. The van der Waals surface area contributed by atoms with E-state index in [0.29, 0.717) is 0 Å². The number of hydrogen-bond acceptors (Lipinski definition) is 2. The highest BCUT2D eigenvalue weighted by Crippen LogP contribution is 2.50. The van der Waals surface area contributed by atoms with E-state index in [9.17, 15) is 0 Å². The topological polar surface area (TPSA) is 27.8 Å². The van der Waals surface area contributed by atoms with Gasteiger partial charge in [0, 0.05) is 49.0 Å². The van der Waals surface area contributed by atoms with Gasteiger partial charge in [0.05, 0.1) is 27.6 Å². The predicted molar refractivity (Wildman–Crippen MR) is 219 cm³/mol. The summed E-state index contributed by atoms with van der Waals surface area (Å²) in [6.07, 6.45) is 0. The van der Waals surface area contributed by atoms with Crippen LogP contribution in [-0.2, 0) is 0 Å². The van der Waals surface area contributed by atoms with Gasteiger partial charge in [-0.15, -0.1) is 0 Å². The number of rotatable bonds is 2. The minimum atomic E-state index is 0.0164. The molecule has 2 aliphatic heterocycles. The molecule has 244 valence electrons. The first-order valence-corrected chi connectivity index (χ1v) is 18.2. The van der Waals surface area contributed by atoms with E-state index >= 15 is 0 Å². The van der Waals surface area contributed by atoms with Gasteiger partial charge in [0.15, 0.2) is 0 Å². The van der Waals surface area contributed by atoms with Crippen LogP contribution in [0.3, 0.4) is 0 Å². The number of aromatic nitrogens is 2. The van der Waals surface area contributed by atoms with Crippen molar-refractivity contribution >= 4 is 83.0 Å². The second-order valence-electron chi connectivity index (χ2n) is 14.4. The molecule has 53 heavy (non-hydrogen) atoms. The van der Waals surface area contributed by atoms with E-state index in [-0.39, 0.29) is 6.71 Å². The second-order valence-corrected chi connectivity index (χ2v) is 14.4. The summed E-state index contributed by atoms with van der Waals surface area (Å²) in [5.74, 6) is 3.46. The molecule has 0 bridgehead atoms. The van der Waals surface area contributed by atoms with Crippen LogP contribution in [0.2, 0.25) is 0 Å². The van der Waals surface area contributed by atoms with E-state index in [1.165, 1.54) is 65.5 Å². The first-order chi connectivity index (χ1) is 26.3. The summed E-state index contributed by atoms with van der Waals surface area (Å²) in [6, 6.07) is 59.0. The molecule has 0 saturated heterocycles. The molecular weight excluding hydrogens is 647 g/mol. The van der Waals surface area contributed by atoms with Gasteiger partial charge >= 0.3 is 0 Å². The molecule has 5 heterocycles. The molecule has 0 atom stereocenters. The highest BCUT2D eigenvalue weighted by Gasteiger charge is 2.40. The van der Waals surface area contributed by atoms with Gasteiger partial charge in [-0.3, -0.25) is 0 Å². The van der Waals surface area contributed by atoms with Crippen LogP contribution in [0.4, 0.5) is 0 Å². The fourth-order valence-electron chi connectivity index (χ4n) is 9.70. The molecule has 0 unspecified atom stereocenters. The van der Waals surface area contributed by atoms with Crippen molar-refractivity contribution in [2.75, 3.05) is 0 Å². The van der Waals surface area contributed by atoms with E-state index in [1.54, 1.807) is 0 Å². The van der Waals surface area contributed by atoms with E-state index in [1.807, 2.05) is 0 Å². The van der Waals surface area contributed by atoms with Gasteiger partial charge in [-0.2, -0.15) is 0 Å². The average molecular weight is 675 g/mol. The Kier molecular flexibility index (Phi) is 5.16. The molecule has 8 aromatic carbocycles. The van der Waals surface area contributed by atoms with Crippen molar-refractivity contribution in [2.24, 2.45) is 0 Å². The lowest BCUT2D eigenvalue weighted by atomic mass is 9.35.